The minimum absolute atomic E-state index is 0.734. The van der Waals surface area contributed by atoms with E-state index in [1.165, 1.54) is 30.8 Å². The molecule has 3 rings (SSSR count). The molecule has 0 amide bonds. The van der Waals surface area contributed by atoms with E-state index >= 15 is 0 Å². The predicted molar refractivity (Wildman–Crippen MR) is 122 cm³/mol. The third kappa shape index (κ3) is 6.75. The van der Waals surface area contributed by atoms with Crippen LogP contribution in [0.2, 0.25) is 5.02 Å². The maximum absolute atomic E-state index is 5.98. The van der Waals surface area contributed by atoms with Crippen LogP contribution in [-0.4, -0.2) is 41.1 Å². The molecule has 27 heavy (non-hydrogen) atoms. The van der Waals surface area contributed by atoms with E-state index in [2.05, 4.69) is 39.6 Å². The first kappa shape index (κ1) is 20.6. The Hall–Kier alpha value is -1.14. The maximum Gasteiger partial charge on any atom is 0.173 e. The molecule has 6 heteroatoms. The van der Waals surface area contributed by atoms with Gasteiger partial charge in [0, 0.05) is 28.7 Å². The largest absolute Gasteiger partial charge is 0.344 e. The zero-order valence-corrected chi connectivity index (χ0v) is 18.3. The van der Waals surface area contributed by atoms with Gasteiger partial charge in [0.2, 0.25) is 0 Å². The first-order valence-electron chi connectivity index (χ1n) is 9.66. The molecule has 146 valence electrons. The number of benzene rings is 1. The van der Waals surface area contributed by atoms with Crippen LogP contribution in [0.25, 0.3) is 0 Å². The lowest BCUT2D eigenvalue weighted by Crippen LogP contribution is -2.39. The predicted octanol–water partition coefficient (Wildman–Crippen LogP) is 5.72. The van der Waals surface area contributed by atoms with Gasteiger partial charge in [0.25, 0.3) is 0 Å². The molecule has 3 nitrogen and oxygen atoms in total. The van der Waals surface area contributed by atoms with Crippen molar-refractivity contribution in [1.29, 1.82) is 0 Å². The van der Waals surface area contributed by atoms with Crippen molar-refractivity contribution < 1.29 is 0 Å². The highest BCUT2D eigenvalue weighted by atomic mass is 35.5. The second-order valence-electron chi connectivity index (χ2n) is 7.34. The van der Waals surface area contributed by atoms with Gasteiger partial charge in [-0.3, -0.25) is 0 Å². The first-order valence-corrected chi connectivity index (χ1v) is 11.3. The zero-order valence-electron chi connectivity index (χ0n) is 15.9. The Bertz CT molecular complexity index is 703. The van der Waals surface area contributed by atoms with E-state index in [9.17, 15) is 0 Å². The van der Waals surface area contributed by atoms with Crippen molar-refractivity contribution in [2.24, 2.45) is 5.92 Å². The fraction of sp³-hybridized carbons (Fsp3) is 0.476. The van der Waals surface area contributed by atoms with Crippen LogP contribution >= 0.6 is 35.2 Å². The Kier molecular flexibility index (Phi) is 7.94. The normalized spacial score (nSPS) is 17.6. The molecule has 1 N–H and O–H groups in total. The summed E-state index contributed by atoms with van der Waals surface area (Å²) in [6.45, 7) is 7.80. The molecule has 0 bridgehead atoms. The number of rotatable bonds is 7. The number of nitrogens with one attached hydrogen (secondary N) is 1. The lowest BCUT2D eigenvalue weighted by atomic mass is 10.0. The van der Waals surface area contributed by atoms with Crippen molar-refractivity contribution in [3.05, 3.63) is 51.7 Å². The number of halogens is 1. The van der Waals surface area contributed by atoms with Gasteiger partial charge in [-0.05, 0) is 86.2 Å². The van der Waals surface area contributed by atoms with Crippen molar-refractivity contribution in [2.45, 2.75) is 32.7 Å². The van der Waals surface area contributed by atoms with Crippen molar-refractivity contribution in [3.8, 4) is 0 Å². The van der Waals surface area contributed by atoms with Crippen LogP contribution in [0.1, 0.15) is 31.1 Å². The molecule has 1 aromatic carbocycles. The van der Waals surface area contributed by atoms with E-state index in [4.69, 9.17) is 23.8 Å². The molecule has 1 atom stereocenters. The molecule has 0 unspecified atom stereocenters. The highest BCUT2D eigenvalue weighted by Gasteiger charge is 2.17. The molecule has 0 radical (unpaired) electrons. The highest BCUT2D eigenvalue weighted by Crippen LogP contribution is 2.18. The first-order chi connectivity index (χ1) is 13.1. The molecule has 1 aliphatic rings. The summed E-state index contributed by atoms with van der Waals surface area (Å²) in [5.41, 5.74) is 0.977. The minimum Gasteiger partial charge on any atom is -0.344 e. The number of thiophene rings is 1. The molecule has 0 saturated carbocycles. The number of nitrogens with zero attached hydrogens (tertiary/aromatic N) is 2. The number of piperidine rings is 1. The molecule has 0 spiro atoms. The summed E-state index contributed by atoms with van der Waals surface area (Å²) in [5.74, 6) is 0.827. The molecule has 1 fully saturated rings. The number of anilines is 1. The van der Waals surface area contributed by atoms with Gasteiger partial charge in [-0.25, -0.2) is 0 Å². The van der Waals surface area contributed by atoms with Crippen molar-refractivity contribution in [3.63, 3.8) is 0 Å². The number of hydrogen-bond acceptors (Lipinski definition) is 3. The van der Waals surface area contributed by atoms with E-state index < -0.39 is 0 Å². The summed E-state index contributed by atoms with van der Waals surface area (Å²) >= 11 is 13.5. The molecule has 1 saturated heterocycles. The Balaban J connectivity index is 1.56. The molecule has 1 aromatic heterocycles. The van der Waals surface area contributed by atoms with Crippen molar-refractivity contribution in [2.75, 3.05) is 31.5 Å². The van der Waals surface area contributed by atoms with Crippen molar-refractivity contribution in [1.82, 2.24) is 9.80 Å². The van der Waals surface area contributed by atoms with Crippen LogP contribution in [0, 0.1) is 5.92 Å². The van der Waals surface area contributed by atoms with Gasteiger partial charge in [-0.15, -0.1) is 11.3 Å². The van der Waals surface area contributed by atoms with Gasteiger partial charge >= 0.3 is 0 Å². The summed E-state index contributed by atoms with van der Waals surface area (Å²) < 4.78 is 0. The average molecular weight is 422 g/mol. The number of likely N-dealkylation sites (tertiary alicyclic amines) is 1. The lowest BCUT2D eigenvalue weighted by molar-refractivity contribution is 0.177. The fourth-order valence-corrected chi connectivity index (χ4v) is 4.67. The lowest BCUT2D eigenvalue weighted by Gasteiger charge is -2.32. The molecule has 2 aromatic rings. The van der Waals surface area contributed by atoms with Gasteiger partial charge in [0.1, 0.15) is 0 Å². The molecule has 2 heterocycles. The topological polar surface area (TPSA) is 18.5 Å². The van der Waals surface area contributed by atoms with Gasteiger partial charge in [0.15, 0.2) is 5.11 Å². The van der Waals surface area contributed by atoms with Crippen LogP contribution in [0.15, 0.2) is 41.8 Å². The van der Waals surface area contributed by atoms with E-state index in [0.29, 0.717) is 0 Å². The summed E-state index contributed by atoms with van der Waals surface area (Å²) in [7, 11) is 0. The third-order valence-corrected chi connectivity index (χ3v) is 6.43. The zero-order chi connectivity index (χ0) is 19.1. The monoisotopic (exact) mass is 421 g/mol. The highest BCUT2D eigenvalue weighted by molar-refractivity contribution is 7.80. The molecular weight excluding hydrogens is 394 g/mol. The SMILES string of the molecule is C[C@H]1CCCN(CCCN(Cc2cccs2)C(=S)Nc2ccc(Cl)cc2)C1. The second kappa shape index (κ2) is 10.4. The van der Waals surface area contributed by atoms with Crippen LogP contribution in [-0.2, 0) is 6.54 Å². The number of thiocarbonyl (C=S) groups is 1. The second-order valence-corrected chi connectivity index (χ2v) is 9.19. The van der Waals surface area contributed by atoms with E-state index in [1.54, 1.807) is 11.3 Å². The molecule has 1 aliphatic heterocycles. The van der Waals surface area contributed by atoms with Gasteiger partial charge in [-0.1, -0.05) is 24.6 Å². The number of hydrogen-bond donors (Lipinski definition) is 1. The van der Waals surface area contributed by atoms with E-state index in [1.807, 2.05) is 24.3 Å². The Labute approximate surface area is 177 Å². The quantitative estimate of drug-likeness (QED) is 0.575. The Morgan fingerprint density at radius 2 is 2.15 bits per heavy atom. The van der Waals surface area contributed by atoms with Gasteiger partial charge in [0.05, 0.1) is 6.54 Å². The van der Waals surface area contributed by atoms with Crippen LogP contribution in [0.3, 0.4) is 0 Å². The smallest absolute Gasteiger partial charge is 0.173 e. The maximum atomic E-state index is 5.98. The summed E-state index contributed by atoms with van der Waals surface area (Å²) in [6.07, 6.45) is 3.83. The Morgan fingerprint density at radius 1 is 1.33 bits per heavy atom. The summed E-state index contributed by atoms with van der Waals surface area (Å²) in [4.78, 5) is 6.22. The van der Waals surface area contributed by atoms with E-state index in [0.717, 1.165) is 47.8 Å². The van der Waals surface area contributed by atoms with Crippen molar-refractivity contribution >= 4 is 46.0 Å². The minimum atomic E-state index is 0.734. The van der Waals surface area contributed by atoms with Crippen LogP contribution in [0.5, 0.6) is 0 Å². The third-order valence-electron chi connectivity index (χ3n) is 4.95. The molecule has 0 aliphatic carbocycles. The molecular formula is C21H28ClN3S2. The summed E-state index contributed by atoms with van der Waals surface area (Å²) in [5, 5.41) is 7.00. The van der Waals surface area contributed by atoms with E-state index in [-0.39, 0.29) is 0 Å². The Morgan fingerprint density at radius 3 is 2.85 bits per heavy atom. The standard InChI is InChI=1S/C21H28ClN3S2/c1-17-5-2-11-24(15-17)12-4-13-25(16-20-6-3-14-27-20)21(26)23-19-9-7-18(22)8-10-19/h3,6-10,14,17H,2,4-5,11-13,15-16H2,1H3,(H,23,26)/t17-/m0/s1. The average Bonchev–Trinajstić information content (AvgIpc) is 3.16. The van der Waals surface area contributed by atoms with Gasteiger partial charge < -0.3 is 15.1 Å². The summed E-state index contributed by atoms with van der Waals surface area (Å²) in [6, 6.07) is 12.0. The van der Waals surface area contributed by atoms with Crippen LogP contribution < -0.4 is 5.32 Å². The van der Waals surface area contributed by atoms with Crippen LogP contribution in [0.4, 0.5) is 5.69 Å². The van der Waals surface area contributed by atoms with Gasteiger partial charge in [-0.2, -0.15) is 0 Å². The fourth-order valence-electron chi connectivity index (χ4n) is 3.55.